The molecule has 1 fully saturated rings. The van der Waals surface area contributed by atoms with Crippen LogP contribution in [0.3, 0.4) is 0 Å². The predicted molar refractivity (Wildman–Crippen MR) is 80.8 cm³/mol. The first-order valence-corrected chi connectivity index (χ1v) is 6.98. The number of rotatable bonds is 2. The lowest BCUT2D eigenvalue weighted by Gasteiger charge is -2.15. The van der Waals surface area contributed by atoms with Gasteiger partial charge in [0.25, 0.3) is 0 Å². The van der Waals surface area contributed by atoms with Crippen LogP contribution in [0.5, 0.6) is 0 Å². The third-order valence-electron chi connectivity index (χ3n) is 3.53. The van der Waals surface area contributed by atoms with Gasteiger partial charge in [-0.1, -0.05) is 61.0 Å². The van der Waals surface area contributed by atoms with Crippen molar-refractivity contribution in [3.05, 3.63) is 60.2 Å². The topological polar surface area (TPSA) is 44.0 Å². The Bertz CT molecular complexity index is 550. The minimum atomic E-state index is 0.106. The lowest BCUT2D eigenvalue weighted by atomic mass is 9.87. The van der Waals surface area contributed by atoms with Crippen LogP contribution in [0.2, 0.25) is 0 Å². The van der Waals surface area contributed by atoms with Crippen LogP contribution in [0.25, 0.3) is 11.1 Å². The Morgan fingerprint density at radius 2 is 1.55 bits per heavy atom. The molecule has 1 N–H and O–H groups in total. The van der Waals surface area contributed by atoms with Gasteiger partial charge in [0, 0.05) is 5.92 Å². The average molecular weight is 265 g/mol. The number of aliphatic hydroxyl groups is 1. The Morgan fingerprint density at radius 1 is 0.950 bits per heavy atom. The van der Waals surface area contributed by atoms with Crippen molar-refractivity contribution >= 4 is 0 Å². The summed E-state index contributed by atoms with van der Waals surface area (Å²) < 4.78 is 0. The number of aliphatic hydroxyl groups excluding tert-OH is 1. The zero-order valence-corrected chi connectivity index (χ0v) is 11.5. The van der Waals surface area contributed by atoms with Gasteiger partial charge in [0.2, 0.25) is 0 Å². The third-order valence-corrected chi connectivity index (χ3v) is 3.53. The monoisotopic (exact) mass is 265 g/mol. The summed E-state index contributed by atoms with van der Waals surface area (Å²) in [6, 6.07) is 20.4. The van der Waals surface area contributed by atoms with Crippen LogP contribution in [0.15, 0.2) is 54.6 Å². The fourth-order valence-electron chi connectivity index (χ4n) is 1.97. The minimum absolute atomic E-state index is 0.106. The molecule has 0 saturated heterocycles. The van der Waals surface area contributed by atoms with E-state index in [9.17, 15) is 0 Å². The normalized spacial score (nSPS) is 13.6. The Morgan fingerprint density at radius 3 is 1.95 bits per heavy atom. The second-order valence-corrected chi connectivity index (χ2v) is 4.98. The number of nitrogens with zero attached hydrogens (tertiary/aromatic N) is 1. The highest BCUT2D eigenvalue weighted by Gasteiger charge is 2.14. The SMILES string of the molecule is N#CC1CCC1.OCc1ccc(-c2ccccc2)cc1. The maximum atomic E-state index is 8.90. The van der Waals surface area contributed by atoms with E-state index in [1.54, 1.807) is 0 Å². The van der Waals surface area contributed by atoms with Crippen molar-refractivity contribution in [3.63, 3.8) is 0 Å². The highest BCUT2D eigenvalue weighted by atomic mass is 16.3. The largest absolute Gasteiger partial charge is 0.392 e. The van der Waals surface area contributed by atoms with Crippen LogP contribution in [-0.2, 0) is 6.61 Å². The molecule has 2 aromatic rings. The zero-order valence-electron chi connectivity index (χ0n) is 11.5. The maximum absolute atomic E-state index is 8.90. The molecule has 2 aromatic carbocycles. The first kappa shape index (κ1) is 14.3. The summed E-state index contributed by atoms with van der Waals surface area (Å²) in [5, 5.41) is 17.0. The summed E-state index contributed by atoms with van der Waals surface area (Å²) in [6.07, 6.45) is 3.57. The highest BCUT2D eigenvalue weighted by molar-refractivity contribution is 5.63. The number of benzene rings is 2. The molecule has 0 amide bonds. The molecule has 0 bridgehead atoms. The molecule has 0 aliphatic heterocycles. The lowest BCUT2D eigenvalue weighted by molar-refractivity contribution is 0.282. The lowest BCUT2D eigenvalue weighted by Crippen LogP contribution is -2.06. The van der Waals surface area contributed by atoms with Gasteiger partial charge in [0.05, 0.1) is 12.7 Å². The average Bonchev–Trinajstić information content (AvgIpc) is 2.48. The highest BCUT2D eigenvalue weighted by Crippen LogP contribution is 2.24. The van der Waals surface area contributed by atoms with Crippen LogP contribution in [-0.4, -0.2) is 5.11 Å². The van der Waals surface area contributed by atoms with E-state index in [1.165, 1.54) is 17.5 Å². The number of hydrogen-bond donors (Lipinski definition) is 1. The number of hydrogen-bond acceptors (Lipinski definition) is 2. The molecule has 102 valence electrons. The van der Waals surface area contributed by atoms with Gasteiger partial charge >= 0.3 is 0 Å². The smallest absolute Gasteiger partial charge is 0.0681 e. The Labute approximate surface area is 120 Å². The van der Waals surface area contributed by atoms with Gasteiger partial charge in [-0.05, 0) is 29.5 Å². The second kappa shape index (κ2) is 7.47. The van der Waals surface area contributed by atoms with E-state index < -0.39 is 0 Å². The third kappa shape index (κ3) is 3.94. The van der Waals surface area contributed by atoms with Gasteiger partial charge in [-0.2, -0.15) is 5.26 Å². The van der Waals surface area contributed by atoms with E-state index in [0.29, 0.717) is 5.92 Å². The van der Waals surface area contributed by atoms with Gasteiger partial charge in [0.1, 0.15) is 0 Å². The van der Waals surface area contributed by atoms with Gasteiger partial charge in [-0.15, -0.1) is 0 Å². The fourth-order valence-corrected chi connectivity index (χ4v) is 1.97. The Kier molecular flexibility index (Phi) is 5.34. The van der Waals surface area contributed by atoms with Crippen molar-refractivity contribution in [2.75, 3.05) is 0 Å². The van der Waals surface area contributed by atoms with Gasteiger partial charge < -0.3 is 5.11 Å². The maximum Gasteiger partial charge on any atom is 0.0681 e. The molecule has 0 heterocycles. The molecule has 2 heteroatoms. The van der Waals surface area contributed by atoms with E-state index >= 15 is 0 Å². The van der Waals surface area contributed by atoms with Crippen molar-refractivity contribution in [3.8, 4) is 17.2 Å². The summed E-state index contributed by atoms with van der Waals surface area (Å²) in [6.45, 7) is 0.106. The van der Waals surface area contributed by atoms with E-state index in [-0.39, 0.29) is 6.61 Å². The summed E-state index contributed by atoms with van der Waals surface area (Å²) >= 11 is 0. The van der Waals surface area contributed by atoms with Gasteiger partial charge in [-0.3, -0.25) is 0 Å². The molecule has 1 aliphatic rings. The van der Waals surface area contributed by atoms with Crippen molar-refractivity contribution in [1.82, 2.24) is 0 Å². The van der Waals surface area contributed by atoms with Crippen molar-refractivity contribution in [2.45, 2.75) is 25.9 Å². The van der Waals surface area contributed by atoms with E-state index in [4.69, 9.17) is 10.4 Å². The van der Waals surface area contributed by atoms with E-state index in [0.717, 1.165) is 18.4 Å². The quantitative estimate of drug-likeness (QED) is 0.886. The van der Waals surface area contributed by atoms with Gasteiger partial charge in [0.15, 0.2) is 0 Å². The molecular formula is C18H19NO. The molecular weight excluding hydrogens is 246 g/mol. The van der Waals surface area contributed by atoms with E-state index in [1.807, 2.05) is 42.5 Å². The summed E-state index contributed by atoms with van der Waals surface area (Å²) in [5.41, 5.74) is 3.34. The van der Waals surface area contributed by atoms with Crippen LogP contribution < -0.4 is 0 Å². The van der Waals surface area contributed by atoms with Crippen LogP contribution >= 0.6 is 0 Å². The van der Waals surface area contributed by atoms with Crippen LogP contribution in [0.4, 0.5) is 0 Å². The first-order valence-electron chi connectivity index (χ1n) is 6.98. The second-order valence-electron chi connectivity index (χ2n) is 4.98. The predicted octanol–water partition coefficient (Wildman–Crippen LogP) is 4.16. The molecule has 0 unspecified atom stereocenters. The van der Waals surface area contributed by atoms with Crippen LogP contribution in [0, 0.1) is 17.2 Å². The Hall–Kier alpha value is -2.11. The van der Waals surface area contributed by atoms with Crippen molar-refractivity contribution in [2.24, 2.45) is 5.92 Å². The van der Waals surface area contributed by atoms with Gasteiger partial charge in [-0.25, -0.2) is 0 Å². The minimum Gasteiger partial charge on any atom is -0.392 e. The standard InChI is InChI=1S/C13H12O.C5H7N/c14-10-11-6-8-13(9-7-11)12-4-2-1-3-5-12;6-4-5-2-1-3-5/h1-9,14H,10H2;5H,1-3H2. The summed E-state index contributed by atoms with van der Waals surface area (Å²) in [5.74, 6) is 0.421. The molecule has 1 saturated carbocycles. The molecule has 0 aromatic heterocycles. The summed E-state index contributed by atoms with van der Waals surface area (Å²) in [4.78, 5) is 0. The molecule has 0 spiro atoms. The molecule has 0 atom stereocenters. The molecule has 1 aliphatic carbocycles. The van der Waals surface area contributed by atoms with Crippen molar-refractivity contribution < 1.29 is 5.11 Å². The first-order chi connectivity index (χ1) is 9.83. The molecule has 0 radical (unpaired) electrons. The van der Waals surface area contributed by atoms with Crippen molar-refractivity contribution in [1.29, 1.82) is 5.26 Å². The molecule has 20 heavy (non-hydrogen) atoms. The molecule has 2 nitrogen and oxygen atoms in total. The number of nitriles is 1. The fraction of sp³-hybridized carbons (Fsp3) is 0.278. The van der Waals surface area contributed by atoms with Crippen LogP contribution in [0.1, 0.15) is 24.8 Å². The van der Waals surface area contributed by atoms with E-state index in [2.05, 4.69) is 18.2 Å². The zero-order chi connectivity index (χ0) is 14.2. The Balaban J connectivity index is 0.000000205. The molecule has 3 rings (SSSR count). The summed E-state index contributed by atoms with van der Waals surface area (Å²) in [7, 11) is 0.